The van der Waals surface area contributed by atoms with Gasteiger partial charge in [0.2, 0.25) is 0 Å². The average Bonchev–Trinajstić information content (AvgIpc) is 2.81. The summed E-state index contributed by atoms with van der Waals surface area (Å²) in [6.07, 6.45) is 1.91. The fourth-order valence-corrected chi connectivity index (χ4v) is 3.25. The molecule has 3 aromatic rings. The highest BCUT2D eigenvalue weighted by atomic mass is 16.3. The third-order valence-corrected chi connectivity index (χ3v) is 4.19. The molecule has 1 aromatic carbocycles. The molecule has 0 radical (unpaired) electrons. The molecule has 0 aliphatic rings. The second-order valence-electron chi connectivity index (χ2n) is 7.37. The molecule has 1 N–H and O–H groups in total. The van der Waals surface area contributed by atoms with Gasteiger partial charge in [-0.05, 0) is 38.0 Å². The van der Waals surface area contributed by atoms with Crippen molar-refractivity contribution >= 4 is 11.0 Å². The molecule has 0 unspecified atom stereocenters. The summed E-state index contributed by atoms with van der Waals surface area (Å²) in [5.41, 5.74) is 3.50. The summed E-state index contributed by atoms with van der Waals surface area (Å²) in [6, 6.07) is 12.5. The van der Waals surface area contributed by atoms with Gasteiger partial charge >= 0.3 is 0 Å². The van der Waals surface area contributed by atoms with Gasteiger partial charge in [0.05, 0.1) is 11.3 Å². The van der Waals surface area contributed by atoms with E-state index in [1.807, 2.05) is 56.9 Å². The Bertz CT molecular complexity index is 849. The van der Waals surface area contributed by atoms with Gasteiger partial charge in [-0.25, -0.2) is 4.98 Å². The van der Waals surface area contributed by atoms with Crippen molar-refractivity contribution in [3.05, 3.63) is 59.4 Å². The van der Waals surface area contributed by atoms with Crippen LogP contribution >= 0.6 is 0 Å². The first-order chi connectivity index (χ1) is 11.8. The Morgan fingerprint density at radius 2 is 1.80 bits per heavy atom. The van der Waals surface area contributed by atoms with E-state index >= 15 is 0 Å². The Balaban J connectivity index is 1.85. The Kier molecular flexibility index (Phi) is 4.88. The van der Waals surface area contributed by atoms with Crippen LogP contribution in [0.2, 0.25) is 0 Å². The number of aryl methyl sites for hydroxylation is 2. The summed E-state index contributed by atoms with van der Waals surface area (Å²) in [7, 11) is 1.91. The number of aromatic nitrogens is 3. The molecule has 0 bridgehead atoms. The maximum Gasteiger partial charge on any atom is 0.157 e. The molecule has 0 spiro atoms. The van der Waals surface area contributed by atoms with Crippen LogP contribution in [0.5, 0.6) is 0 Å². The van der Waals surface area contributed by atoms with Crippen LogP contribution in [0.3, 0.4) is 0 Å². The van der Waals surface area contributed by atoms with E-state index in [1.54, 1.807) is 0 Å². The van der Waals surface area contributed by atoms with E-state index in [4.69, 9.17) is 0 Å². The molecule has 5 nitrogen and oxygen atoms in total. The van der Waals surface area contributed by atoms with Gasteiger partial charge in [-0.15, -0.1) is 0 Å². The molecule has 2 heterocycles. The second kappa shape index (κ2) is 6.94. The van der Waals surface area contributed by atoms with Crippen LogP contribution in [0.25, 0.3) is 11.0 Å². The van der Waals surface area contributed by atoms with Crippen molar-refractivity contribution in [1.29, 1.82) is 0 Å². The largest absolute Gasteiger partial charge is 0.389 e. The second-order valence-corrected chi connectivity index (χ2v) is 7.37. The van der Waals surface area contributed by atoms with E-state index in [1.165, 1.54) is 5.56 Å². The normalized spacial score (nSPS) is 12.2. The summed E-state index contributed by atoms with van der Waals surface area (Å²) in [5, 5.41) is 15.8. The lowest BCUT2D eigenvalue weighted by molar-refractivity contribution is 0.0306. The maximum atomic E-state index is 10.3. The molecule has 132 valence electrons. The standard InChI is InChI=1S/C20H26N4O/c1-15-18-10-17(11-21-19(18)23(4)22-15)13-24(14-20(2,3)25)12-16-8-6-5-7-9-16/h5-11,25H,12-14H2,1-4H3. The molecule has 3 rings (SSSR count). The fourth-order valence-electron chi connectivity index (χ4n) is 3.25. The van der Waals surface area contributed by atoms with Crippen LogP contribution in [0.4, 0.5) is 0 Å². The molecule has 2 aromatic heterocycles. The number of rotatable bonds is 6. The summed E-state index contributed by atoms with van der Waals surface area (Å²) in [4.78, 5) is 6.82. The molecule has 0 amide bonds. The van der Waals surface area contributed by atoms with Crippen molar-refractivity contribution in [1.82, 2.24) is 19.7 Å². The quantitative estimate of drug-likeness (QED) is 0.750. The molecular weight excluding hydrogens is 312 g/mol. The SMILES string of the molecule is Cc1nn(C)c2ncc(CN(Cc3ccccc3)CC(C)(C)O)cc12. The minimum atomic E-state index is -0.753. The lowest BCUT2D eigenvalue weighted by atomic mass is 10.1. The van der Waals surface area contributed by atoms with Crippen LogP contribution in [0, 0.1) is 6.92 Å². The van der Waals surface area contributed by atoms with E-state index in [0.29, 0.717) is 6.54 Å². The van der Waals surface area contributed by atoms with Gasteiger partial charge in [0.25, 0.3) is 0 Å². The zero-order valence-corrected chi connectivity index (χ0v) is 15.4. The topological polar surface area (TPSA) is 54.2 Å². The van der Waals surface area contributed by atoms with E-state index in [2.05, 4.69) is 33.2 Å². The van der Waals surface area contributed by atoms with Gasteiger partial charge in [-0.2, -0.15) is 5.10 Å². The molecule has 0 aliphatic carbocycles. The van der Waals surface area contributed by atoms with Crippen LogP contribution in [0.1, 0.15) is 30.7 Å². The molecule has 25 heavy (non-hydrogen) atoms. The van der Waals surface area contributed by atoms with Crippen LogP contribution < -0.4 is 0 Å². The minimum Gasteiger partial charge on any atom is -0.389 e. The van der Waals surface area contributed by atoms with Crippen LogP contribution in [-0.2, 0) is 20.1 Å². The molecule has 0 aliphatic heterocycles. The number of fused-ring (bicyclic) bond motifs is 1. The lowest BCUT2D eigenvalue weighted by Gasteiger charge is -2.29. The number of hydrogen-bond donors (Lipinski definition) is 1. The smallest absolute Gasteiger partial charge is 0.157 e. The first kappa shape index (κ1) is 17.6. The van der Waals surface area contributed by atoms with Crippen molar-refractivity contribution in [2.24, 2.45) is 7.05 Å². The Morgan fingerprint density at radius 1 is 1.12 bits per heavy atom. The number of benzene rings is 1. The number of pyridine rings is 1. The predicted molar refractivity (Wildman–Crippen MR) is 100 cm³/mol. The number of nitrogens with zero attached hydrogens (tertiary/aromatic N) is 4. The third kappa shape index (κ3) is 4.44. The first-order valence-electron chi connectivity index (χ1n) is 8.59. The fraction of sp³-hybridized carbons (Fsp3) is 0.400. The van der Waals surface area contributed by atoms with E-state index < -0.39 is 5.60 Å². The maximum absolute atomic E-state index is 10.3. The zero-order valence-electron chi connectivity index (χ0n) is 15.4. The lowest BCUT2D eigenvalue weighted by Crippen LogP contribution is -2.37. The van der Waals surface area contributed by atoms with Crippen LogP contribution in [-0.4, -0.2) is 36.9 Å². The van der Waals surface area contributed by atoms with Gasteiger partial charge in [0.1, 0.15) is 0 Å². The number of aliphatic hydroxyl groups is 1. The summed E-state index contributed by atoms with van der Waals surface area (Å²) in [5.74, 6) is 0. The summed E-state index contributed by atoms with van der Waals surface area (Å²) < 4.78 is 1.81. The monoisotopic (exact) mass is 338 g/mol. The van der Waals surface area contributed by atoms with E-state index in [0.717, 1.165) is 35.4 Å². The summed E-state index contributed by atoms with van der Waals surface area (Å²) >= 11 is 0. The van der Waals surface area contributed by atoms with Crippen molar-refractivity contribution in [3.8, 4) is 0 Å². The Hall–Kier alpha value is -2.24. The molecule has 5 heteroatoms. The zero-order chi connectivity index (χ0) is 18.0. The Labute approximate surface area is 148 Å². The van der Waals surface area contributed by atoms with Gasteiger partial charge in [0.15, 0.2) is 5.65 Å². The molecule has 0 saturated heterocycles. The number of hydrogen-bond acceptors (Lipinski definition) is 4. The summed E-state index contributed by atoms with van der Waals surface area (Å²) in [6.45, 7) is 7.80. The van der Waals surface area contributed by atoms with Gasteiger partial charge in [-0.3, -0.25) is 9.58 Å². The molecule has 0 saturated carbocycles. The van der Waals surface area contributed by atoms with Gasteiger partial charge in [0, 0.05) is 38.3 Å². The molecular formula is C20H26N4O. The molecule has 0 atom stereocenters. The van der Waals surface area contributed by atoms with Crippen molar-refractivity contribution in [2.75, 3.05) is 6.54 Å². The van der Waals surface area contributed by atoms with Crippen molar-refractivity contribution in [2.45, 2.75) is 39.5 Å². The van der Waals surface area contributed by atoms with E-state index in [-0.39, 0.29) is 0 Å². The van der Waals surface area contributed by atoms with Gasteiger partial charge < -0.3 is 5.11 Å². The highest BCUT2D eigenvalue weighted by Gasteiger charge is 2.19. The average molecular weight is 338 g/mol. The first-order valence-corrected chi connectivity index (χ1v) is 8.59. The Morgan fingerprint density at radius 3 is 2.48 bits per heavy atom. The van der Waals surface area contributed by atoms with E-state index in [9.17, 15) is 5.11 Å². The van der Waals surface area contributed by atoms with Crippen molar-refractivity contribution in [3.63, 3.8) is 0 Å². The van der Waals surface area contributed by atoms with Gasteiger partial charge in [-0.1, -0.05) is 30.3 Å². The highest BCUT2D eigenvalue weighted by Crippen LogP contribution is 2.19. The predicted octanol–water partition coefficient (Wildman–Crippen LogP) is 3.05. The third-order valence-electron chi connectivity index (χ3n) is 4.19. The van der Waals surface area contributed by atoms with Crippen LogP contribution in [0.15, 0.2) is 42.6 Å². The van der Waals surface area contributed by atoms with Crippen molar-refractivity contribution < 1.29 is 5.11 Å². The molecule has 0 fully saturated rings. The highest BCUT2D eigenvalue weighted by molar-refractivity contribution is 5.78. The minimum absolute atomic E-state index is 0.589.